The molecule has 8 heteroatoms. The zero-order valence-corrected chi connectivity index (χ0v) is 17.0. The average molecular weight is 384 g/mol. The number of aryl methyl sites for hydroxylation is 1. The lowest BCUT2D eigenvalue weighted by atomic mass is 9.77. The number of aliphatic hydroxyl groups excluding tert-OH is 1. The second-order valence-electron chi connectivity index (χ2n) is 8.26. The van der Waals surface area contributed by atoms with Gasteiger partial charge in [-0.3, -0.25) is 4.98 Å². The number of aliphatic hydroxyl groups is 1. The zero-order chi connectivity index (χ0) is 19.8. The van der Waals surface area contributed by atoms with Gasteiger partial charge in [-0.25, -0.2) is 9.97 Å². The first-order chi connectivity index (χ1) is 13.4. The molecular weight excluding hydrogens is 354 g/mol. The van der Waals surface area contributed by atoms with Crippen molar-refractivity contribution in [3.8, 4) is 0 Å². The van der Waals surface area contributed by atoms with Crippen LogP contribution in [0.5, 0.6) is 0 Å². The number of nitrogens with one attached hydrogen (secondary N) is 1. The van der Waals surface area contributed by atoms with Gasteiger partial charge < -0.3 is 20.2 Å². The first-order valence-corrected chi connectivity index (χ1v) is 9.90. The maximum atomic E-state index is 10.7. The molecule has 4 atom stereocenters. The predicted octanol–water partition coefficient (Wildman–Crippen LogP) is 1.64. The lowest BCUT2D eigenvalue weighted by Crippen LogP contribution is -2.43. The molecule has 0 aromatic carbocycles. The Morgan fingerprint density at radius 1 is 1.11 bits per heavy atom. The highest BCUT2D eigenvalue weighted by Crippen LogP contribution is 2.39. The van der Waals surface area contributed by atoms with Crippen LogP contribution in [0.25, 0.3) is 0 Å². The number of hydrogen-bond acceptors (Lipinski definition) is 8. The van der Waals surface area contributed by atoms with Crippen LogP contribution < -0.4 is 15.1 Å². The lowest BCUT2D eigenvalue weighted by molar-refractivity contribution is 0.0737. The minimum Gasteiger partial charge on any atom is -0.391 e. The van der Waals surface area contributed by atoms with Crippen LogP contribution in [0.3, 0.4) is 0 Å². The second kappa shape index (κ2) is 7.50. The summed E-state index contributed by atoms with van der Waals surface area (Å²) in [4.78, 5) is 22.1. The number of rotatable bonds is 4. The molecule has 8 nitrogen and oxygen atoms in total. The molecule has 4 rings (SSSR count). The van der Waals surface area contributed by atoms with Crippen molar-refractivity contribution in [1.29, 1.82) is 0 Å². The van der Waals surface area contributed by atoms with Crippen molar-refractivity contribution in [2.75, 3.05) is 42.3 Å². The van der Waals surface area contributed by atoms with Crippen LogP contribution in [0, 0.1) is 25.7 Å². The zero-order valence-electron chi connectivity index (χ0n) is 17.0. The first-order valence-electron chi connectivity index (χ1n) is 9.90. The van der Waals surface area contributed by atoms with E-state index in [0.29, 0.717) is 11.8 Å². The van der Waals surface area contributed by atoms with Gasteiger partial charge in [-0.15, -0.1) is 0 Å². The van der Waals surface area contributed by atoms with Gasteiger partial charge in [0.2, 0.25) is 5.95 Å². The van der Waals surface area contributed by atoms with Crippen molar-refractivity contribution in [3.05, 3.63) is 29.8 Å². The van der Waals surface area contributed by atoms with Crippen LogP contribution in [0.1, 0.15) is 24.1 Å². The molecular formula is C20H29N7O. The highest BCUT2D eigenvalue weighted by molar-refractivity contribution is 5.53. The van der Waals surface area contributed by atoms with Gasteiger partial charge >= 0.3 is 0 Å². The fraction of sp³-hybridized carbons (Fsp3) is 0.600. The van der Waals surface area contributed by atoms with Gasteiger partial charge in [-0.2, -0.15) is 4.98 Å². The SMILES string of the molecule is Cc1nc(N(C)C)nc(N2C[C@H]3C[C@@H](Nc4cnccn4)[C@H](O)C[C@H]3C2)c1C. The Balaban J connectivity index is 1.51. The van der Waals surface area contributed by atoms with Crippen molar-refractivity contribution < 1.29 is 5.11 Å². The molecule has 0 bridgehead atoms. The summed E-state index contributed by atoms with van der Waals surface area (Å²) in [7, 11) is 3.94. The third-order valence-corrected chi connectivity index (χ3v) is 6.09. The standard InChI is InChI=1S/C20H29N7O/c1-12-13(2)23-20(26(3)4)25-19(12)27-10-14-7-16(17(28)8-15(14)11-27)24-18-9-21-5-6-22-18/h5-6,9,14-17,28H,7-8,10-11H2,1-4H3,(H,22,24)/t14-,15+,16-,17-/m1/s1. The summed E-state index contributed by atoms with van der Waals surface area (Å²) in [5, 5.41) is 14.1. The Morgan fingerprint density at radius 2 is 1.86 bits per heavy atom. The van der Waals surface area contributed by atoms with Gasteiger partial charge in [0.1, 0.15) is 11.6 Å². The third-order valence-electron chi connectivity index (χ3n) is 6.09. The molecule has 0 spiro atoms. The fourth-order valence-electron chi connectivity index (χ4n) is 4.43. The second-order valence-corrected chi connectivity index (χ2v) is 8.26. The van der Waals surface area contributed by atoms with Gasteiger partial charge in [0.05, 0.1) is 18.3 Å². The van der Waals surface area contributed by atoms with Crippen molar-refractivity contribution >= 4 is 17.6 Å². The quantitative estimate of drug-likeness (QED) is 0.823. The van der Waals surface area contributed by atoms with E-state index in [0.717, 1.165) is 54.8 Å². The maximum Gasteiger partial charge on any atom is 0.227 e. The van der Waals surface area contributed by atoms with Crippen LogP contribution in [0.15, 0.2) is 18.6 Å². The molecule has 2 aromatic heterocycles. The molecule has 1 saturated carbocycles. The average Bonchev–Trinajstić information content (AvgIpc) is 3.07. The normalized spacial score (nSPS) is 26.8. The van der Waals surface area contributed by atoms with E-state index in [1.165, 1.54) is 0 Å². The predicted molar refractivity (Wildman–Crippen MR) is 110 cm³/mol. The molecule has 1 aliphatic heterocycles. The molecule has 1 aliphatic carbocycles. The maximum absolute atomic E-state index is 10.7. The highest BCUT2D eigenvalue weighted by atomic mass is 16.3. The summed E-state index contributed by atoms with van der Waals surface area (Å²) in [6.07, 6.45) is 6.36. The molecule has 150 valence electrons. The van der Waals surface area contributed by atoms with Crippen LogP contribution in [0.4, 0.5) is 17.6 Å². The Morgan fingerprint density at radius 3 is 2.54 bits per heavy atom. The van der Waals surface area contributed by atoms with E-state index in [9.17, 15) is 5.11 Å². The summed E-state index contributed by atoms with van der Waals surface area (Å²) in [5.41, 5.74) is 2.16. The van der Waals surface area contributed by atoms with Gasteiger partial charge in [-0.1, -0.05) is 0 Å². The Labute approximate surface area is 166 Å². The molecule has 0 amide bonds. The third kappa shape index (κ3) is 3.61. The molecule has 2 aliphatic rings. The van der Waals surface area contributed by atoms with Crippen molar-refractivity contribution in [2.24, 2.45) is 11.8 Å². The number of hydrogen-bond donors (Lipinski definition) is 2. The summed E-state index contributed by atoms with van der Waals surface area (Å²) in [6, 6.07) is 0.00321. The molecule has 2 aromatic rings. The van der Waals surface area contributed by atoms with Crippen LogP contribution in [-0.4, -0.2) is 64.4 Å². The molecule has 3 heterocycles. The number of anilines is 3. The Hall–Kier alpha value is -2.48. The molecule has 1 saturated heterocycles. The van der Waals surface area contributed by atoms with E-state index in [1.54, 1.807) is 18.6 Å². The van der Waals surface area contributed by atoms with Gasteiger partial charge in [-0.05, 0) is 38.5 Å². The van der Waals surface area contributed by atoms with Crippen molar-refractivity contribution in [2.45, 2.75) is 38.8 Å². The number of fused-ring (bicyclic) bond motifs is 1. The van der Waals surface area contributed by atoms with E-state index in [1.807, 2.05) is 25.9 Å². The molecule has 2 N–H and O–H groups in total. The summed E-state index contributed by atoms with van der Waals surface area (Å²) in [6.45, 7) is 6.03. The largest absolute Gasteiger partial charge is 0.391 e. The summed E-state index contributed by atoms with van der Waals surface area (Å²) >= 11 is 0. The minimum absolute atomic E-state index is 0.00321. The van der Waals surface area contributed by atoms with Gasteiger partial charge in [0, 0.05) is 50.8 Å². The topological polar surface area (TPSA) is 90.3 Å². The summed E-state index contributed by atoms with van der Waals surface area (Å²) < 4.78 is 0. The molecule has 2 fully saturated rings. The monoisotopic (exact) mass is 383 g/mol. The van der Waals surface area contributed by atoms with Crippen molar-refractivity contribution in [1.82, 2.24) is 19.9 Å². The number of aromatic nitrogens is 4. The molecule has 0 radical (unpaired) electrons. The Kier molecular flexibility index (Phi) is 5.05. The molecule has 28 heavy (non-hydrogen) atoms. The van der Waals surface area contributed by atoms with E-state index in [-0.39, 0.29) is 12.1 Å². The first kappa shape index (κ1) is 18.9. The smallest absolute Gasteiger partial charge is 0.227 e. The van der Waals surface area contributed by atoms with E-state index < -0.39 is 0 Å². The number of nitrogens with zero attached hydrogens (tertiary/aromatic N) is 6. The van der Waals surface area contributed by atoms with E-state index in [4.69, 9.17) is 4.98 Å². The van der Waals surface area contributed by atoms with Crippen LogP contribution >= 0.6 is 0 Å². The minimum atomic E-state index is -0.381. The van der Waals surface area contributed by atoms with Gasteiger partial charge in [0.15, 0.2) is 0 Å². The van der Waals surface area contributed by atoms with E-state index in [2.05, 4.69) is 32.1 Å². The molecule has 0 unspecified atom stereocenters. The summed E-state index contributed by atoms with van der Waals surface area (Å²) in [5.74, 6) is 3.49. The van der Waals surface area contributed by atoms with Gasteiger partial charge in [0.25, 0.3) is 0 Å². The lowest BCUT2D eigenvalue weighted by Gasteiger charge is -2.35. The Bertz CT molecular complexity index is 829. The van der Waals surface area contributed by atoms with Crippen LogP contribution in [0.2, 0.25) is 0 Å². The van der Waals surface area contributed by atoms with Crippen molar-refractivity contribution in [3.63, 3.8) is 0 Å². The fourth-order valence-corrected chi connectivity index (χ4v) is 4.43. The highest BCUT2D eigenvalue weighted by Gasteiger charge is 2.42. The van der Waals surface area contributed by atoms with E-state index >= 15 is 0 Å². The van der Waals surface area contributed by atoms with Crippen LogP contribution in [-0.2, 0) is 0 Å².